The fourth-order valence-electron chi connectivity index (χ4n) is 4.48. The Bertz CT molecular complexity index is 1080. The van der Waals surface area contributed by atoms with Gasteiger partial charge in [0, 0.05) is 37.3 Å². The molecular formula is C27H32N2O6. The van der Waals surface area contributed by atoms with Crippen LogP contribution in [0.25, 0.3) is 5.76 Å². The molecule has 2 aromatic carbocycles. The third-order valence-corrected chi connectivity index (χ3v) is 6.33. The number of benzene rings is 2. The maximum Gasteiger partial charge on any atom is 0.295 e. The Balaban J connectivity index is 1.72. The van der Waals surface area contributed by atoms with Crippen molar-refractivity contribution >= 4 is 17.4 Å². The Morgan fingerprint density at radius 2 is 1.77 bits per heavy atom. The second-order valence-corrected chi connectivity index (χ2v) is 8.56. The molecule has 0 aromatic heterocycles. The molecule has 0 radical (unpaired) electrons. The maximum atomic E-state index is 13.3. The van der Waals surface area contributed by atoms with Crippen LogP contribution in [0.1, 0.15) is 30.5 Å². The predicted molar refractivity (Wildman–Crippen MR) is 131 cm³/mol. The first kappa shape index (κ1) is 24.8. The summed E-state index contributed by atoms with van der Waals surface area (Å²) in [5.74, 6) is -0.318. The summed E-state index contributed by atoms with van der Waals surface area (Å²) in [7, 11) is 1.55. The van der Waals surface area contributed by atoms with E-state index in [0.717, 1.165) is 19.5 Å². The van der Waals surface area contributed by atoms with Gasteiger partial charge in [0.25, 0.3) is 11.7 Å². The summed E-state index contributed by atoms with van der Waals surface area (Å²) in [6, 6.07) is 13.4. The number of Topliss-reactive ketones (excluding diaryl/α,β-unsaturated/α-hetero) is 1. The van der Waals surface area contributed by atoms with Crippen LogP contribution in [0, 0.1) is 0 Å². The summed E-state index contributed by atoms with van der Waals surface area (Å²) < 4.78 is 16.6. The number of aliphatic hydroxyl groups is 1. The van der Waals surface area contributed by atoms with Gasteiger partial charge < -0.3 is 24.2 Å². The Labute approximate surface area is 205 Å². The monoisotopic (exact) mass is 480 g/mol. The van der Waals surface area contributed by atoms with Crippen molar-refractivity contribution in [1.29, 1.82) is 0 Å². The van der Waals surface area contributed by atoms with Crippen LogP contribution in [0.4, 0.5) is 0 Å². The van der Waals surface area contributed by atoms with Crippen molar-refractivity contribution < 1.29 is 28.9 Å². The van der Waals surface area contributed by atoms with Crippen molar-refractivity contribution in [1.82, 2.24) is 9.80 Å². The number of methoxy groups -OCH3 is 1. The quantitative estimate of drug-likeness (QED) is 0.335. The number of nitrogens with zero attached hydrogens (tertiary/aromatic N) is 2. The molecule has 2 aromatic rings. The lowest BCUT2D eigenvalue weighted by Gasteiger charge is -2.31. The number of carbonyl (C=O) groups is 2. The van der Waals surface area contributed by atoms with Crippen LogP contribution < -0.4 is 9.47 Å². The average molecular weight is 481 g/mol. The summed E-state index contributed by atoms with van der Waals surface area (Å²) in [6.07, 6.45) is 0.883. The van der Waals surface area contributed by atoms with Gasteiger partial charge in [-0.15, -0.1) is 0 Å². The number of hydrogen-bond donors (Lipinski definition) is 1. The van der Waals surface area contributed by atoms with Gasteiger partial charge in [-0.25, -0.2) is 0 Å². The van der Waals surface area contributed by atoms with E-state index in [9.17, 15) is 14.7 Å². The van der Waals surface area contributed by atoms with Crippen LogP contribution in [0.2, 0.25) is 0 Å². The Morgan fingerprint density at radius 1 is 1.06 bits per heavy atom. The summed E-state index contributed by atoms with van der Waals surface area (Å²) in [5, 5.41) is 11.3. The summed E-state index contributed by atoms with van der Waals surface area (Å²) in [6.45, 7) is 6.40. The predicted octanol–water partition coefficient (Wildman–Crippen LogP) is 3.24. The van der Waals surface area contributed by atoms with Gasteiger partial charge in [-0.05, 0) is 36.8 Å². The van der Waals surface area contributed by atoms with Gasteiger partial charge in [0.05, 0.1) is 38.5 Å². The third-order valence-electron chi connectivity index (χ3n) is 6.33. The molecular weight excluding hydrogens is 448 g/mol. The molecule has 186 valence electrons. The topological polar surface area (TPSA) is 88.5 Å². The Kier molecular flexibility index (Phi) is 8.05. The molecule has 4 rings (SSSR count). The summed E-state index contributed by atoms with van der Waals surface area (Å²) >= 11 is 0. The highest BCUT2D eigenvalue weighted by molar-refractivity contribution is 6.46. The van der Waals surface area contributed by atoms with Crippen molar-refractivity contribution in [3.63, 3.8) is 0 Å². The van der Waals surface area contributed by atoms with E-state index in [1.807, 2.05) is 25.1 Å². The van der Waals surface area contributed by atoms with E-state index in [4.69, 9.17) is 14.2 Å². The molecule has 8 heteroatoms. The second-order valence-electron chi connectivity index (χ2n) is 8.56. The Hall–Kier alpha value is -3.36. The number of morpholine rings is 1. The number of aliphatic hydroxyl groups excluding tert-OH is 1. The van der Waals surface area contributed by atoms with Gasteiger partial charge in [0.1, 0.15) is 17.3 Å². The third kappa shape index (κ3) is 5.33. The minimum atomic E-state index is -0.761. The van der Waals surface area contributed by atoms with E-state index < -0.39 is 17.7 Å². The van der Waals surface area contributed by atoms with Crippen molar-refractivity contribution in [2.24, 2.45) is 0 Å². The minimum absolute atomic E-state index is 0.0590. The first-order valence-electron chi connectivity index (χ1n) is 12.0. The molecule has 0 spiro atoms. The van der Waals surface area contributed by atoms with Crippen molar-refractivity contribution in [3.8, 4) is 11.5 Å². The standard InChI is InChI=1S/C27H32N2O6/c1-3-16-35-20-10-8-19(9-11-20)25(30)23-24(21-6-4-5-7-22(21)33-2)29(27(32)26(23)31)13-12-28-14-17-34-18-15-28/h4-11,24,30H,3,12-18H2,1-2H3/b25-23+/t24-/m1/s1. The molecule has 2 aliphatic heterocycles. The van der Waals surface area contributed by atoms with Gasteiger partial charge in [0.2, 0.25) is 0 Å². The van der Waals surface area contributed by atoms with E-state index in [-0.39, 0.29) is 11.3 Å². The van der Waals surface area contributed by atoms with E-state index in [0.29, 0.717) is 55.5 Å². The fraction of sp³-hybridized carbons (Fsp3) is 0.407. The molecule has 0 unspecified atom stereocenters. The fourth-order valence-corrected chi connectivity index (χ4v) is 4.48. The molecule has 2 saturated heterocycles. The molecule has 2 aliphatic rings. The van der Waals surface area contributed by atoms with Gasteiger partial charge in [-0.2, -0.15) is 0 Å². The number of amides is 1. The number of carbonyl (C=O) groups excluding carboxylic acids is 2. The number of para-hydroxylation sites is 1. The first-order valence-corrected chi connectivity index (χ1v) is 12.0. The van der Waals surface area contributed by atoms with Crippen molar-refractivity contribution in [3.05, 3.63) is 65.2 Å². The highest BCUT2D eigenvalue weighted by atomic mass is 16.5. The van der Waals surface area contributed by atoms with Crippen LogP contribution in [0.3, 0.4) is 0 Å². The zero-order chi connectivity index (χ0) is 24.8. The van der Waals surface area contributed by atoms with Crippen molar-refractivity contribution in [2.45, 2.75) is 19.4 Å². The number of hydrogen-bond acceptors (Lipinski definition) is 7. The van der Waals surface area contributed by atoms with E-state index in [2.05, 4.69) is 4.90 Å². The molecule has 1 N–H and O–H groups in total. The second kappa shape index (κ2) is 11.4. The normalized spacial score (nSPS) is 20.3. The van der Waals surface area contributed by atoms with Crippen LogP contribution in [0.5, 0.6) is 11.5 Å². The lowest BCUT2D eigenvalue weighted by molar-refractivity contribution is -0.140. The zero-order valence-corrected chi connectivity index (χ0v) is 20.2. The van der Waals surface area contributed by atoms with E-state index in [1.54, 1.807) is 42.3 Å². The number of rotatable bonds is 9. The average Bonchev–Trinajstić information content (AvgIpc) is 3.16. The highest BCUT2D eigenvalue weighted by Crippen LogP contribution is 2.42. The zero-order valence-electron chi connectivity index (χ0n) is 20.2. The smallest absolute Gasteiger partial charge is 0.295 e. The SMILES string of the molecule is CCCOc1ccc(/C(O)=C2\C(=O)C(=O)N(CCN3CCOCC3)[C@@H]2c2ccccc2OC)cc1. The first-order chi connectivity index (χ1) is 17.0. The number of ether oxygens (including phenoxy) is 3. The molecule has 2 heterocycles. The van der Waals surface area contributed by atoms with Gasteiger partial charge >= 0.3 is 0 Å². The van der Waals surface area contributed by atoms with E-state index >= 15 is 0 Å². The minimum Gasteiger partial charge on any atom is -0.507 e. The molecule has 8 nitrogen and oxygen atoms in total. The Morgan fingerprint density at radius 3 is 2.46 bits per heavy atom. The molecule has 35 heavy (non-hydrogen) atoms. The van der Waals surface area contributed by atoms with Crippen LogP contribution in [0.15, 0.2) is 54.1 Å². The maximum absolute atomic E-state index is 13.3. The lowest BCUT2D eigenvalue weighted by Crippen LogP contribution is -2.42. The molecule has 0 bridgehead atoms. The van der Waals surface area contributed by atoms with Crippen LogP contribution in [-0.4, -0.2) is 79.7 Å². The largest absolute Gasteiger partial charge is 0.507 e. The summed E-state index contributed by atoms with van der Waals surface area (Å²) in [4.78, 5) is 30.2. The lowest BCUT2D eigenvalue weighted by atomic mass is 9.94. The molecule has 1 amide bonds. The van der Waals surface area contributed by atoms with Crippen molar-refractivity contribution in [2.75, 3.05) is 53.1 Å². The van der Waals surface area contributed by atoms with Gasteiger partial charge in [-0.3, -0.25) is 14.5 Å². The van der Waals surface area contributed by atoms with Crippen LogP contribution >= 0.6 is 0 Å². The molecule has 1 atom stereocenters. The van der Waals surface area contributed by atoms with Gasteiger partial charge in [0.15, 0.2) is 0 Å². The molecule has 0 aliphatic carbocycles. The van der Waals surface area contributed by atoms with Gasteiger partial charge in [-0.1, -0.05) is 25.1 Å². The molecule has 0 saturated carbocycles. The van der Waals surface area contributed by atoms with Crippen LogP contribution in [-0.2, 0) is 14.3 Å². The molecule has 2 fully saturated rings. The highest BCUT2D eigenvalue weighted by Gasteiger charge is 2.47. The summed E-state index contributed by atoms with van der Waals surface area (Å²) in [5.41, 5.74) is 1.16. The number of ketones is 1. The van der Waals surface area contributed by atoms with E-state index in [1.165, 1.54) is 0 Å². The number of likely N-dealkylation sites (tertiary alicyclic amines) is 1.